The van der Waals surface area contributed by atoms with Crippen LogP contribution in [-0.4, -0.2) is 29.9 Å². The van der Waals surface area contributed by atoms with Crippen molar-refractivity contribution in [2.45, 2.75) is 52.4 Å². The summed E-state index contributed by atoms with van der Waals surface area (Å²) in [5, 5.41) is 8.13. The number of anilines is 1. The van der Waals surface area contributed by atoms with Crippen molar-refractivity contribution in [1.82, 2.24) is 10.2 Å². The first-order valence-electron chi connectivity index (χ1n) is 10.9. The van der Waals surface area contributed by atoms with Gasteiger partial charge in [0.2, 0.25) is 0 Å². The van der Waals surface area contributed by atoms with Crippen LogP contribution in [0.2, 0.25) is 5.02 Å². The van der Waals surface area contributed by atoms with E-state index in [2.05, 4.69) is 73.6 Å². The van der Waals surface area contributed by atoms with Gasteiger partial charge in [-0.05, 0) is 56.3 Å². The van der Waals surface area contributed by atoms with Crippen molar-refractivity contribution in [2.24, 2.45) is 4.99 Å². The summed E-state index contributed by atoms with van der Waals surface area (Å²) in [6.45, 7) is 10.7. The van der Waals surface area contributed by atoms with Gasteiger partial charge < -0.3 is 5.32 Å². The lowest BCUT2D eigenvalue weighted by Crippen LogP contribution is -2.59. The normalized spacial score (nSPS) is 19.5. The maximum Gasteiger partial charge on any atom is 0.198 e. The Labute approximate surface area is 186 Å². The van der Waals surface area contributed by atoms with Gasteiger partial charge in [-0.25, -0.2) is 4.99 Å². The Balaban J connectivity index is 2.06. The van der Waals surface area contributed by atoms with Crippen LogP contribution in [0.3, 0.4) is 0 Å². The Morgan fingerprint density at radius 2 is 1.77 bits per heavy atom. The number of nitrogens with zero attached hydrogens (tertiary/aromatic N) is 2. The Morgan fingerprint density at radius 3 is 2.43 bits per heavy atom. The van der Waals surface area contributed by atoms with E-state index in [0.29, 0.717) is 6.04 Å². The summed E-state index contributed by atoms with van der Waals surface area (Å²) in [5.74, 6) is 0.242. The minimum atomic E-state index is -0.598. The van der Waals surface area contributed by atoms with Gasteiger partial charge in [0.15, 0.2) is 5.79 Å². The highest BCUT2D eigenvalue weighted by Crippen LogP contribution is 2.37. The van der Waals surface area contributed by atoms with E-state index < -0.39 is 5.79 Å². The first kappa shape index (κ1) is 22.5. The van der Waals surface area contributed by atoms with Crippen LogP contribution in [-0.2, 0) is 5.79 Å². The van der Waals surface area contributed by atoms with Crippen LogP contribution < -0.4 is 10.6 Å². The summed E-state index contributed by atoms with van der Waals surface area (Å²) in [7, 11) is 0. The quantitative estimate of drug-likeness (QED) is 0.477. The Hall–Kier alpha value is -2.14. The summed E-state index contributed by atoms with van der Waals surface area (Å²) < 4.78 is 0. The first-order chi connectivity index (χ1) is 14.5. The molecule has 0 radical (unpaired) electrons. The molecule has 3 rings (SSSR count). The van der Waals surface area contributed by atoms with E-state index in [4.69, 9.17) is 16.6 Å². The number of rotatable bonds is 9. The summed E-state index contributed by atoms with van der Waals surface area (Å²) in [6, 6.07) is 16.6. The summed E-state index contributed by atoms with van der Waals surface area (Å²) in [5.41, 5.74) is 3.34. The molecule has 0 spiro atoms. The number of halogens is 1. The van der Waals surface area contributed by atoms with Gasteiger partial charge in [0.05, 0.1) is 0 Å². The van der Waals surface area contributed by atoms with E-state index in [1.54, 1.807) is 0 Å². The molecule has 0 aliphatic carbocycles. The Bertz CT molecular complexity index is 886. The molecule has 2 N–H and O–H groups in total. The SMILES string of the molecule is CCCC(C)NC1(N(CC)CC)N=C(C=Cc2ccc(Cl)cc2)Nc2ccccc21. The second-order valence-corrected chi connectivity index (χ2v) is 8.17. The van der Waals surface area contributed by atoms with Crippen molar-refractivity contribution in [2.75, 3.05) is 18.4 Å². The average Bonchev–Trinajstić information content (AvgIpc) is 2.74. The van der Waals surface area contributed by atoms with Gasteiger partial charge >= 0.3 is 0 Å². The fourth-order valence-corrected chi connectivity index (χ4v) is 4.22. The minimum Gasteiger partial charge on any atom is -0.340 e. The van der Waals surface area contributed by atoms with E-state index in [1.807, 2.05) is 30.3 Å². The molecule has 0 amide bonds. The van der Waals surface area contributed by atoms with Gasteiger partial charge in [-0.1, -0.05) is 75.2 Å². The van der Waals surface area contributed by atoms with E-state index in [1.165, 1.54) is 5.56 Å². The highest BCUT2D eigenvalue weighted by atomic mass is 35.5. The molecule has 30 heavy (non-hydrogen) atoms. The number of nitrogens with one attached hydrogen (secondary N) is 2. The van der Waals surface area contributed by atoms with Crippen molar-refractivity contribution >= 4 is 29.2 Å². The third kappa shape index (κ3) is 4.94. The van der Waals surface area contributed by atoms with Crippen molar-refractivity contribution in [3.05, 3.63) is 70.8 Å². The second kappa shape index (κ2) is 10.3. The fourth-order valence-electron chi connectivity index (χ4n) is 4.10. The molecule has 160 valence electrons. The molecular weight excluding hydrogens is 392 g/mol. The molecule has 2 aromatic carbocycles. The molecule has 0 fully saturated rings. The fraction of sp³-hybridized carbons (Fsp3) is 0.400. The monoisotopic (exact) mass is 424 g/mol. The summed E-state index contributed by atoms with van der Waals surface area (Å²) in [4.78, 5) is 7.66. The maximum atomic E-state index is 6.02. The zero-order valence-corrected chi connectivity index (χ0v) is 19.2. The van der Waals surface area contributed by atoms with Crippen molar-refractivity contribution < 1.29 is 0 Å². The van der Waals surface area contributed by atoms with E-state index in [9.17, 15) is 0 Å². The largest absolute Gasteiger partial charge is 0.340 e. The highest BCUT2D eigenvalue weighted by Gasteiger charge is 2.42. The number of aliphatic imine (C=N–C) groups is 1. The molecule has 2 aromatic rings. The zero-order chi connectivity index (χ0) is 21.6. The summed E-state index contributed by atoms with van der Waals surface area (Å²) >= 11 is 6.02. The van der Waals surface area contributed by atoms with Crippen LogP contribution in [0, 0.1) is 0 Å². The molecule has 2 atom stereocenters. The van der Waals surface area contributed by atoms with E-state index in [-0.39, 0.29) is 0 Å². The predicted octanol–water partition coefficient (Wildman–Crippen LogP) is 6.11. The molecule has 2 unspecified atom stereocenters. The molecule has 1 aliphatic rings. The smallest absolute Gasteiger partial charge is 0.198 e. The first-order valence-corrected chi connectivity index (χ1v) is 11.3. The molecule has 4 nitrogen and oxygen atoms in total. The molecule has 1 aliphatic heterocycles. The van der Waals surface area contributed by atoms with Gasteiger partial charge in [0.1, 0.15) is 5.84 Å². The van der Waals surface area contributed by atoms with Crippen molar-refractivity contribution in [1.29, 1.82) is 0 Å². The number of hydrogen-bond acceptors (Lipinski definition) is 4. The van der Waals surface area contributed by atoms with Gasteiger partial charge in [0, 0.05) is 22.3 Å². The van der Waals surface area contributed by atoms with Gasteiger partial charge in [0.25, 0.3) is 0 Å². The third-order valence-electron chi connectivity index (χ3n) is 5.54. The topological polar surface area (TPSA) is 39.7 Å². The van der Waals surface area contributed by atoms with Crippen molar-refractivity contribution in [3.8, 4) is 0 Å². The lowest BCUT2D eigenvalue weighted by molar-refractivity contribution is 0.0567. The molecular formula is C25H33ClN4. The highest BCUT2D eigenvalue weighted by molar-refractivity contribution is 6.30. The van der Waals surface area contributed by atoms with E-state index >= 15 is 0 Å². The number of amidine groups is 1. The number of hydrogen-bond donors (Lipinski definition) is 2. The maximum absolute atomic E-state index is 6.02. The van der Waals surface area contributed by atoms with E-state index in [0.717, 1.165) is 48.0 Å². The van der Waals surface area contributed by atoms with Crippen LogP contribution in [0.4, 0.5) is 5.69 Å². The summed E-state index contributed by atoms with van der Waals surface area (Å²) in [6.07, 6.45) is 6.35. The molecule has 0 aromatic heterocycles. The van der Waals surface area contributed by atoms with Crippen LogP contribution in [0.15, 0.2) is 59.6 Å². The number of benzene rings is 2. The minimum absolute atomic E-state index is 0.340. The lowest BCUT2D eigenvalue weighted by Gasteiger charge is -2.45. The van der Waals surface area contributed by atoms with Crippen LogP contribution in [0.25, 0.3) is 6.08 Å². The number of para-hydroxylation sites is 1. The Morgan fingerprint density at radius 1 is 1.07 bits per heavy atom. The average molecular weight is 425 g/mol. The van der Waals surface area contributed by atoms with Gasteiger partial charge in [-0.2, -0.15) is 0 Å². The van der Waals surface area contributed by atoms with Crippen LogP contribution in [0.5, 0.6) is 0 Å². The van der Waals surface area contributed by atoms with Crippen LogP contribution >= 0.6 is 11.6 Å². The zero-order valence-electron chi connectivity index (χ0n) is 18.5. The van der Waals surface area contributed by atoms with Crippen LogP contribution in [0.1, 0.15) is 51.7 Å². The van der Waals surface area contributed by atoms with Crippen molar-refractivity contribution in [3.63, 3.8) is 0 Å². The number of fused-ring (bicyclic) bond motifs is 1. The molecule has 0 saturated heterocycles. The standard InChI is InChI=1S/C25H33ClN4/c1-5-10-19(4)28-25(30(6-2)7-3)22-11-8-9-12-23(22)27-24(29-25)18-15-20-13-16-21(26)17-14-20/h8-9,11-19,28H,5-7,10H2,1-4H3,(H,27,29). The molecule has 5 heteroatoms. The Kier molecular flexibility index (Phi) is 7.70. The predicted molar refractivity (Wildman–Crippen MR) is 130 cm³/mol. The lowest BCUT2D eigenvalue weighted by atomic mass is 9.99. The second-order valence-electron chi connectivity index (χ2n) is 7.73. The molecule has 0 bridgehead atoms. The third-order valence-corrected chi connectivity index (χ3v) is 5.79. The van der Waals surface area contributed by atoms with Gasteiger partial charge in [-0.3, -0.25) is 10.2 Å². The molecule has 0 saturated carbocycles. The van der Waals surface area contributed by atoms with Gasteiger partial charge in [-0.15, -0.1) is 0 Å². The molecule has 1 heterocycles.